The second-order valence-electron chi connectivity index (χ2n) is 8.55. The molecule has 3 heterocycles. The first-order valence-electron chi connectivity index (χ1n) is 12.1. The maximum Gasteiger partial charge on any atom is 0.278 e. The van der Waals surface area contributed by atoms with Gasteiger partial charge in [0.15, 0.2) is 28.7 Å². The summed E-state index contributed by atoms with van der Waals surface area (Å²) in [6.07, 6.45) is 2.13. The van der Waals surface area contributed by atoms with Gasteiger partial charge in [0, 0.05) is 29.4 Å². The molecule has 0 fully saturated rings. The van der Waals surface area contributed by atoms with Crippen molar-refractivity contribution in [2.75, 3.05) is 11.9 Å². The van der Waals surface area contributed by atoms with Crippen LogP contribution in [0.4, 0.5) is 14.5 Å². The number of halogens is 2. The smallest absolute Gasteiger partial charge is 0.278 e. The van der Waals surface area contributed by atoms with Crippen molar-refractivity contribution in [3.8, 4) is 17.2 Å². The molecule has 3 aromatic heterocycles. The number of nitrogens with zero attached hydrogens (tertiary/aromatic N) is 4. The third-order valence-electron chi connectivity index (χ3n) is 5.81. The first-order chi connectivity index (χ1) is 19.4. The molecule has 5 rings (SSSR count). The molecule has 0 aliphatic carbocycles. The Balaban J connectivity index is 1.25. The summed E-state index contributed by atoms with van der Waals surface area (Å²) in [5.74, 6) is -2.29. The second-order valence-corrected chi connectivity index (χ2v) is 9.58. The lowest BCUT2D eigenvalue weighted by atomic mass is 10.2. The maximum absolute atomic E-state index is 15.0. The van der Waals surface area contributed by atoms with Crippen LogP contribution in [0.2, 0.25) is 0 Å². The summed E-state index contributed by atoms with van der Waals surface area (Å²) in [6, 6.07) is 16.5. The number of ether oxygens (including phenoxy) is 1. The van der Waals surface area contributed by atoms with Crippen molar-refractivity contribution >= 4 is 28.8 Å². The first kappa shape index (κ1) is 26.6. The van der Waals surface area contributed by atoms with Crippen molar-refractivity contribution in [2.45, 2.75) is 13.3 Å². The number of carbonyl (C=O) groups is 2. The van der Waals surface area contributed by atoms with Crippen molar-refractivity contribution < 1.29 is 23.1 Å². The number of nitrogens with one attached hydrogen (secondary N) is 2. The zero-order chi connectivity index (χ0) is 28.1. The molecular formula is C28H22F2N6O3S. The molecule has 40 heavy (non-hydrogen) atoms. The van der Waals surface area contributed by atoms with Crippen LogP contribution in [-0.4, -0.2) is 38.3 Å². The predicted octanol–water partition coefficient (Wildman–Crippen LogP) is 5.33. The molecular weight excluding hydrogens is 538 g/mol. The van der Waals surface area contributed by atoms with Crippen molar-refractivity contribution in [1.82, 2.24) is 25.3 Å². The molecule has 12 heteroatoms. The molecule has 0 aliphatic heterocycles. The number of rotatable bonds is 9. The number of hydrogen-bond acceptors (Lipinski definition) is 7. The molecule has 202 valence electrons. The number of anilines is 1. The van der Waals surface area contributed by atoms with Crippen LogP contribution in [0.5, 0.6) is 11.5 Å². The van der Waals surface area contributed by atoms with Gasteiger partial charge in [0.05, 0.1) is 11.4 Å². The van der Waals surface area contributed by atoms with Crippen LogP contribution in [0.1, 0.15) is 31.5 Å². The largest absolute Gasteiger partial charge is 0.452 e. The summed E-state index contributed by atoms with van der Waals surface area (Å²) in [5.41, 5.74) is 1.15. The van der Waals surface area contributed by atoms with Gasteiger partial charge in [-0.25, -0.2) is 18.4 Å². The van der Waals surface area contributed by atoms with Crippen molar-refractivity contribution in [2.24, 2.45) is 0 Å². The summed E-state index contributed by atoms with van der Waals surface area (Å²) < 4.78 is 35.3. The molecule has 0 atom stereocenters. The van der Waals surface area contributed by atoms with E-state index in [1.54, 1.807) is 24.3 Å². The average Bonchev–Trinajstić information content (AvgIpc) is 3.61. The van der Waals surface area contributed by atoms with E-state index in [0.717, 1.165) is 10.9 Å². The Kier molecular flexibility index (Phi) is 7.87. The fourth-order valence-corrected chi connectivity index (χ4v) is 4.53. The van der Waals surface area contributed by atoms with E-state index in [1.807, 2.05) is 17.5 Å². The molecule has 0 saturated heterocycles. The van der Waals surface area contributed by atoms with Crippen LogP contribution < -0.4 is 15.4 Å². The van der Waals surface area contributed by atoms with E-state index in [4.69, 9.17) is 4.74 Å². The number of thiophene rings is 1. The Bertz CT molecular complexity index is 1660. The van der Waals surface area contributed by atoms with Crippen molar-refractivity contribution in [3.05, 3.63) is 112 Å². The average molecular weight is 561 g/mol. The Morgan fingerprint density at radius 1 is 0.975 bits per heavy atom. The number of amides is 2. The number of benzene rings is 2. The van der Waals surface area contributed by atoms with E-state index in [2.05, 4.69) is 25.9 Å². The van der Waals surface area contributed by atoms with Gasteiger partial charge in [-0.15, -0.1) is 16.4 Å². The minimum absolute atomic E-state index is 0.0187. The van der Waals surface area contributed by atoms with E-state index in [-0.39, 0.29) is 28.6 Å². The molecule has 0 unspecified atom stereocenters. The third-order valence-corrected chi connectivity index (χ3v) is 6.75. The zero-order valence-electron chi connectivity index (χ0n) is 21.1. The van der Waals surface area contributed by atoms with Crippen molar-refractivity contribution in [3.63, 3.8) is 0 Å². The monoisotopic (exact) mass is 560 g/mol. The lowest BCUT2D eigenvalue weighted by Gasteiger charge is -2.12. The first-order valence-corrected chi connectivity index (χ1v) is 13.0. The van der Waals surface area contributed by atoms with Crippen LogP contribution in [0.25, 0.3) is 5.69 Å². The minimum Gasteiger partial charge on any atom is -0.452 e. The van der Waals surface area contributed by atoms with Gasteiger partial charge < -0.3 is 15.4 Å². The Morgan fingerprint density at radius 2 is 1.80 bits per heavy atom. The van der Waals surface area contributed by atoms with E-state index in [1.165, 1.54) is 53.3 Å². The fourth-order valence-electron chi connectivity index (χ4n) is 3.82. The molecule has 0 saturated carbocycles. The van der Waals surface area contributed by atoms with Gasteiger partial charge in [-0.1, -0.05) is 11.3 Å². The van der Waals surface area contributed by atoms with Gasteiger partial charge in [-0.2, -0.15) is 0 Å². The van der Waals surface area contributed by atoms with Gasteiger partial charge >= 0.3 is 0 Å². The number of aromatic nitrogens is 4. The van der Waals surface area contributed by atoms with Crippen LogP contribution >= 0.6 is 11.3 Å². The van der Waals surface area contributed by atoms with E-state index < -0.39 is 23.4 Å². The topological polar surface area (TPSA) is 111 Å². The molecule has 0 spiro atoms. The van der Waals surface area contributed by atoms with Crippen LogP contribution in [-0.2, 0) is 6.42 Å². The molecule has 2 aromatic carbocycles. The lowest BCUT2D eigenvalue weighted by molar-refractivity contribution is 0.0945. The third kappa shape index (κ3) is 6.02. The van der Waals surface area contributed by atoms with E-state index in [9.17, 15) is 18.4 Å². The molecule has 9 nitrogen and oxygen atoms in total. The zero-order valence-corrected chi connectivity index (χ0v) is 21.9. The highest BCUT2D eigenvalue weighted by atomic mass is 32.1. The SMILES string of the molecule is Cc1c(C(=O)Nc2ccc(Oc3cccnc3C(=O)NCCc3cccs3)c(F)c2)nnn1-c1ccc(F)cc1. The Labute approximate surface area is 231 Å². The van der Waals surface area contributed by atoms with Gasteiger partial charge in [0.2, 0.25) is 0 Å². The standard InChI is InChI=1S/C28H22F2N6O3S/c1-17-25(34-35-36(17)20-9-6-18(29)7-10-20)28(38)33-19-8-11-23(22(30)16-19)39-24-5-2-13-31-26(24)27(37)32-14-12-21-4-3-15-40-21/h2-11,13,15-16H,12,14H2,1H3,(H,32,37)(H,33,38). The number of hydrogen-bond donors (Lipinski definition) is 2. The molecule has 2 amide bonds. The summed E-state index contributed by atoms with van der Waals surface area (Å²) in [5, 5.41) is 15.2. The van der Waals surface area contributed by atoms with Gasteiger partial charge in [0.1, 0.15) is 5.82 Å². The number of pyridine rings is 1. The number of carbonyl (C=O) groups excluding carboxylic acids is 2. The van der Waals surface area contributed by atoms with Gasteiger partial charge in [-0.05, 0) is 73.3 Å². The normalized spacial score (nSPS) is 10.8. The molecule has 0 bridgehead atoms. The summed E-state index contributed by atoms with van der Waals surface area (Å²) >= 11 is 1.60. The summed E-state index contributed by atoms with van der Waals surface area (Å²) in [4.78, 5) is 30.7. The maximum atomic E-state index is 15.0. The summed E-state index contributed by atoms with van der Waals surface area (Å²) in [6.45, 7) is 2.05. The quantitative estimate of drug-likeness (QED) is 0.252. The van der Waals surface area contributed by atoms with Crippen molar-refractivity contribution in [1.29, 1.82) is 0 Å². The highest BCUT2D eigenvalue weighted by molar-refractivity contribution is 7.09. The van der Waals surface area contributed by atoms with Crippen LogP contribution in [0.3, 0.4) is 0 Å². The van der Waals surface area contributed by atoms with Crippen LogP contribution in [0, 0.1) is 18.6 Å². The van der Waals surface area contributed by atoms with E-state index >= 15 is 0 Å². The van der Waals surface area contributed by atoms with Gasteiger partial charge in [-0.3, -0.25) is 9.59 Å². The fraction of sp³-hybridized carbons (Fsp3) is 0.107. The Hall–Kier alpha value is -4.97. The molecule has 5 aromatic rings. The second kappa shape index (κ2) is 11.8. The highest BCUT2D eigenvalue weighted by Gasteiger charge is 2.19. The molecule has 0 aliphatic rings. The minimum atomic E-state index is -0.766. The Morgan fingerprint density at radius 3 is 2.55 bits per heavy atom. The lowest BCUT2D eigenvalue weighted by Crippen LogP contribution is -2.26. The van der Waals surface area contributed by atoms with E-state index in [0.29, 0.717) is 24.3 Å². The highest BCUT2D eigenvalue weighted by Crippen LogP contribution is 2.28. The van der Waals surface area contributed by atoms with Gasteiger partial charge in [0.25, 0.3) is 11.8 Å². The molecule has 0 radical (unpaired) electrons. The molecule has 2 N–H and O–H groups in total. The summed E-state index contributed by atoms with van der Waals surface area (Å²) in [7, 11) is 0. The van der Waals surface area contributed by atoms with Crippen LogP contribution in [0.15, 0.2) is 78.3 Å². The predicted molar refractivity (Wildman–Crippen MR) is 145 cm³/mol.